The fourth-order valence-corrected chi connectivity index (χ4v) is 3.94. The Bertz CT molecular complexity index is 920. The van der Waals surface area contributed by atoms with Crippen molar-refractivity contribution in [3.63, 3.8) is 0 Å². The van der Waals surface area contributed by atoms with Gasteiger partial charge in [-0.1, -0.05) is 15.9 Å². The van der Waals surface area contributed by atoms with Crippen LogP contribution in [-0.2, 0) is 17.9 Å². The van der Waals surface area contributed by atoms with Crippen LogP contribution in [-0.4, -0.2) is 42.5 Å². The van der Waals surface area contributed by atoms with Crippen LogP contribution in [0.4, 0.5) is 5.69 Å². The maximum absolute atomic E-state index is 11.7. The molecule has 0 aliphatic carbocycles. The highest BCUT2D eigenvalue weighted by molar-refractivity contribution is 9.10. The van der Waals surface area contributed by atoms with E-state index in [1.54, 1.807) is 19.2 Å². The van der Waals surface area contributed by atoms with Crippen molar-refractivity contribution in [3.8, 4) is 11.5 Å². The Labute approximate surface area is 189 Å². The zero-order chi connectivity index (χ0) is 22.2. The predicted octanol–water partition coefficient (Wildman–Crippen LogP) is 4.05. The van der Waals surface area contributed by atoms with Crippen molar-refractivity contribution in [2.24, 2.45) is 0 Å². The minimum atomic E-state index is -0.425. The molecule has 3 rings (SSSR count). The first kappa shape index (κ1) is 23.0. The molecule has 1 aliphatic heterocycles. The van der Waals surface area contributed by atoms with Crippen LogP contribution in [0.5, 0.6) is 11.5 Å². The average Bonchev–Trinajstić information content (AvgIpc) is 3.18. The van der Waals surface area contributed by atoms with Crippen molar-refractivity contribution in [2.45, 2.75) is 32.4 Å². The lowest BCUT2D eigenvalue weighted by Crippen LogP contribution is -2.28. The molecule has 2 aromatic carbocycles. The summed E-state index contributed by atoms with van der Waals surface area (Å²) in [6, 6.07) is 10.0. The molecular formula is C22H26BrN3O5. The van der Waals surface area contributed by atoms with E-state index in [0.29, 0.717) is 24.5 Å². The summed E-state index contributed by atoms with van der Waals surface area (Å²) in [5.41, 5.74) is 1.80. The fourth-order valence-electron chi connectivity index (χ4n) is 3.48. The normalized spacial score (nSPS) is 13.5. The number of non-ortho nitro benzene ring substituents is 1. The summed E-state index contributed by atoms with van der Waals surface area (Å²) < 4.78 is 12.4. The summed E-state index contributed by atoms with van der Waals surface area (Å²) in [5, 5.41) is 14.2. The van der Waals surface area contributed by atoms with Crippen LogP contribution in [0.1, 0.15) is 30.4 Å². The molecule has 8 nitrogen and oxygen atoms in total. The molecule has 0 saturated carbocycles. The van der Waals surface area contributed by atoms with Crippen molar-refractivity contribution in [1.82, 2.24) is 10.2 Å². The van der Waals surface area contributed by atoms with E-state index >= 15 is 0 Å². The Balaban J connectivity index is 1.60. The number of carbonyl (C=O) groups excluding carboxylic acids is 1. The molecule has 0 radical (unpaired) electrons. The predicted molar refractivity (Wildman–Crippen MR) is 120 cm³/mol. The highest BCUT2D eigenvalue weighted by atomic mass is 79.9. The number of ether oxygens (including phenoxy) is 2. The molecule has 1 heterocycles. The minimum absolute atomic E-state index is 0.0457. The summed E-state index contributed by atoms with van der Waals surface area (Å²) in [4.78, 5) is 24.0. The zero-order valence-electron chi connectivity index (χ0n) is 17.4. The van der Waals surface area contributed by atoms with Crippen molar-refractivity contribution in [3.05, 3.63) is 62.1 Å². The topological polar surface area (TPSA) is 93.9 Å². The number of amides is 1. The minimum Gasteiger partial charge on any atom is -0.493 e. The van der Waals surface area contributed by atoms with E-state index in [2.05, 4.69) is 21.2 Å². The molecule has 31 heavy (non-hydrogen) atoms. The number of likely N-dealkylation sites (tertiary alicyclic amines) is 1. The number of nitro benzene ring substituents is 1. The first-order valence-corrected chi connectivity index (χ1v) is 11.0. The molecule has 1 fully saturated rings. The van der Waals surface area contributed by atoms with Gasteiger partial charge in [0.1, 0.15) is 6.61 Å². The van der Waals surface area contributed by atoms with Crippen LogP contribution >= 0.6 is 15.9 Å². The largest absolute Gasteiger partial charge is 0.493 e. The number of nitro groups is 1. The number of nitrogens with one attached hydrogen (secondary N) is 1. The van der Waals surface area contributed by atoms with Crippen molar-refractivity contribution >= 4 is 27.5 Å². The van der Waals surface area contributed by atoms with Gasteiger partial charge < -0.3 is 19.7 Å². The lowest BCUT2D eigenvalue weighted by Gasteiger charge is -2.18. The third-order valence-corrected chi connectivity index (χ3v) is 5.92. The molecule has 0 spiro atoms. The van der Waals surface area contributed by atoms with Gasteiger partial charge in [0.25, 0.3) is 5.69 Å². The fraction of sp³-hybridized carbons (Fsp3) is 0.409. The maximum Gasteiger partial charge on any atom is 0.269 e. The molecule has 1 N–H and O–H groups in total. The monoisotopic (exact) mass is 491 g/mol. The molecule has 1 amide bonds. The third kappa shape index (κ3) is 6.18. The van der Waals surface area contributed by atoms with Crippen LogP contribution in [0.2, 0.25) is 0 Å². The number of benzene rings is 2. The molecule has 9 heteroatoms. The Morgan fingerprint density at radius 3 is 2.65 bits per heavy atom. The molecule has 2 aromatic rings. The van der Waals surface area contributed by atoms with Gasteiger partial charge in [-0.3, -0.25) is 14.9 Å². The van der Waals surface area contributed by atoms with Crippen LogP contribution in [0.25, 0.3) is 0 Å². The molecule has 0 unspecified atom stereocenters. The summed E-state index contributed by atoms with van der Waals surface area (Å²) in [7, 11) is 1.59. The number of hydrogen-bond donors (Lipinski definition) is 1. The Morgan fingerprint density at radius 2 is 2.00 bits per heavy atom. The first-order chi connectivity index (χ1) is 15.0. The summed E-state index contributed by atoms with van der Waals surface area (Å²) >= 11 is 3.59. The van der Waals surface area contributed by atoms with Gasteiger partial charge in [-0.05, 0) is 49.2 Å². The summed E-state index contributed by atoms with van der Waals surface area (Å²) in [5.74, 6) is 1.49. The number of rotatable bonds is 11. The highest BCUT2D eigenvalue weighted by Crippen LogP contribution is 2.36. The SMILES string of the molecule is COc1ccc(Br)c(CNCCCN2CCCC2=O)c1OCc1ccc([N+](=O)[O-])cc1. The van der Waals surface area contributed by atoms with Gasteiger partial charge in [0.2, 0.25) is 5.91 Å². The van der Waals surface area contributed by atoms with E-state index < -0.39 is 4.92 Å². The van der Waals surface area contributed by atoms with Crippen LogP contribution in [0.15, 0.2) is 40.9 Å². The van der Waals surface area contributed by atoms with Gasteiger partial charge in [-0.25, -0.2) is 0 Å². The summed E-state index contributed by atoms with van der Waals surface area (Å²) in [6.07, 6.45) is 2.50. The number of nitrogens with zero attached hydrogens (tertiary/aromatic N) is 2. The van der Waals surface area contributed by atoms with Crippen molar-refractivity contribution < 1.29 is 19.2 Å². The number of halogens is 1. The van der Waals surface area contributed by atoms with E-state index in [1.165, 1.54) is 12.1 Å². The van der Waals surface area contributed by atoms with Crippen molar-refractivity contribution in [2.75, 3.05) is 26.7 Å². The van der Waals surface area contributed by atoms with Gasteiger partial charge in [-0.2, -0.15) is 0 Å². The lowest BCUT2D eigenvalue weighted by molar-refractivity contribution is -0.384. The van der Waals surface area contributed by atoms with E-state index in [1.807, 2.05) is 17.0 Å². The van der Waals surface area contributed by atoms with Gasteiger partial charge in [0.15, 0.2) is 11.5 Å². The summed E-state index contributed by atoms with van der Waals surface area (Å²) in [6.45, 7) is 3.24. The highest BCUT2D eigenvalue weighted by Gasteiger charge is 2.19. The second kappa shape index (κ2) is 11.1. The smallest absolute Gasteiger partial charge is 0.269 e. The average molecular weight is 492 g/mol. The molecule has 166 valence electrons. The van der Waals surface area contributed by atoms with Gasteiger partial charge >= 0.3 is 0 Å². The lowest BCUT2D eigenvalue weighted by atomic mass is 10.1. The number of methoxy groups -OCH3 is 1. The first-order valence-electron chi connectivity index (χ1n) is 10.2. The Hall–Kier alpha value is -2.65. The van der Waals surface area contributed by atoms with E-state index in [-0.39, 0.29) is 18.2 Å². The van der Waals surface area contributed by atoms with Crippen LogP contribution in [0.3, 0.4) is 0 Å². The third-order valence-electron chi connectivity index (χ3n) is 5.17. The maximum atomic E-state index is 11.7. The number of carbonyl (C=O) groups is 1. The number of hydrogen-bond acceptors (Lipinski definition) is 6. The van der Waals surface area contributed by atoms with Gasteiger partial charge in [0.05, 0.1) is 12.0 Å². The Morgan fingerprint density at radius 1 is 1.23 bits per heavy atom. The molecule has 1 aliphatic rings. The van der Waals surface area contributed by atoms with E-state index in [9.17, 15) is 14.9 Å². The van der Waals surface area contributed by atoms with Crippen LogP contribution < -0.4 is 14.8 Å². The molecule has 0 bridgehead atoms. The van der Waals surface area contributed by atoms with E-state index in [0.717, 1.165) is 48.1 Å². The van der Waals surface area contributed by atoms with Gasteiger partial charge in [0, 0.05) is 48.2 Å². The second-order valence-corrected chi connectivity index (χ2v) is 8.14. The quantitative estimate of drug-likeness (QED) is 0.289. The Kier molecular flexibility index (Phi) is 8.25. The molecule has 1 saturated heterocycles. The van der Waals surface area contributed by atoms with E-state index in [4.69, 9.17) is 9.47 Å². The van der Waals surface area contributed by atoms with Crippen molar-refractivity contribution in [1.29, 1.82) is 0 Å². The molecular weight excluding hydrogens is 466 g/mol. The molecule has 0 aromatic heterocycles. The molecule has 0 atom stereocenters. The standard InChI is InChI=1S/C22H26BrN3O5/c1-30-20-10-9-19(23)18(14-24-11-3-13-25-12-2-4-21(25)27)22(20)31-15-16-5-7-17(8-6-16)26(28)29/h5-10,24H,2-4,11-15H2,1H3. The van der Waals surface area contributed by atoms with Crippen LogP contribution in [0, 0.1) is 10.1 Å². The zero-order valence-corrected chi connectivity index (χ0v) is 19.0. The second-order valence-electron chi connectivity index (χ2n) is 7.28. The van der Waals surface area contributed by atoms with Gasteiger partial charge in [-0.15, -0.1) is 0 Å².